The van der Waals surface area contributed by atoms with Crippen molar-refractivity contribution in [1.82, 2.24) is 9.80 Å². The van der Waals surface area contributed by atoms with Crippen LogP contribution in [0.15, 0.2) is 109 Å². The van der Waals surface area contributed by atoms with Crippen molar-refractivity contribution in [2.45, 2.75) is 75.4 Å². The number of nitrogens with zero attached hydrogens (tertiary/aromatic N) is 2. The van der Waals surface area contributed by atoms with Crippen LogP contribution < -0.4 is 4.74 Å². The number of likely N-dealkylation sites (tertiary alicyclic amines) is 1. The molecular weight excluding hydrogens is 540 g/mol. The number of piperidine rings is 1. The maximum absolute atomic E-state index is 7.14. The van der Waals surface area contributed by atoms with Crippen LogP contribution in [-0.4, -0.2) is 47.7 Å². The Hall–Kier alpha value is -3.44. The summed E-state index contributed by atoms with van der Waals surface area (Å²) < 4.78 is 13.6. The standard InChI is InChI=1S/C40H44N2O2/c1-4-10-30(11-5-1)26-42(27-31-12-6-2-7-13-31)35-24-40-20-21-41(25-32-16-17-32)38(39(40)44-29-35)22-34-18-19-36(23-37(34)40)43-28-33-14-8-3-9-15-33/h1-15,18-19,23,32,35,38-39H,16-17,20-22,24-29H2. The van der Waals surface area contributed by atoms with Gasteiger partial charge in [0.05, 0.1) is 12.7 Å². The Morgan fingerprint density at radius 3 is 2.11 bits per heavy atom. The molecule has 0 amide bonds. The minimum absolute atomic E-state index is 0.00103. The fraction of sp³-hybridized carbons (Fsp3) is 0.400. The zero-order valence-electron chi connectivity index (χ0n) is 25.7. The molecule has 4 heteroatoms. The summed E-state index contributed by atoms with van der Waals surface area (Å²) in [4.78, 5) is 5.49. The second-order valence-electron chi connectivity index (χ2n) is 13.7. The Morgan fingerprint density at radius 1 is 0.795 bits per heavy atom. The molecule has 2 aliphatic carbocycles. The molecule has 226 valence electrons. The molecule has 4 nitrogen and oxygen atoms in total. The van der Waals surface area contributed by atoms with Crippen LogP contribution in [0.5, 0.6) is 5.75 Å². The van der Waals surface area contributed by atoms with E-state index < -0.39 is 0 Å². The number of hydrogen-bond donors (Lipinski definition) is 0. The number of ether oxygens (including phenoxy) is 2. The number of hydrogen-bond acceptors (Lipinski definition) is 4. The monoisotopic (exact) mass is 584 g/mol. The first kappa shape index (κ1) is 28.1. The highest BCUT2D eigenvalue weighted by Gasteiger charge is 2.57. The Balaban J connectivity index is 1.13. The molecule has 2 heterocycles. The van der Waals surface area contributed by atoms with Crippen LogP contribution in [0, 0.1) is 5.92 Å². The third kappa shape index (κ3) is 5.72. The van der Waals surface area contributed by atoms with Crippen LogP contribution in [0.1, 0.15) is 53.5 Å². The summed E-state index contributed by atoms with van der Waals surface area (Å²) in [6, 6.07) is 40.2. The molecule has 1 saturated carbocycles. The molecule has 3 fully saturated rings. The van der Waals surface area contributed by atoms with Crippen molar-refractivity contribution in [3.8, 4) is 5.75 Å². The van der Waals surface area contributed by atoms with Gasteiger partial charge in [-0.15, -0.1) is 0 Å². The number of benzene rings is 4. The minimum Gasteiger partial charge on any atom is -0.489 e. The molecule has 0 N–H and O–H groups in total. The average molecular weight is 585 g/mol. The SMILES string of the molecule is c1ccc(COc2ccc3c(c2)C24CCN(CC5CC5)C(C3)C2OCC(N(Cc2ccccc2)Cc2ccccc2)C4)cc1. The molecule has 44 heavy (non-hydrogen) atoms. The van der Waals surface area contributed by atoms with Crippen molar-refractivity contribution in [3.05, 3.63) is 137 Å². The quantitative estimate of drug-likeness (QED) is 0.194. The van der Waals surface area contributed by atoms with Crippen molar-refractivity contribution in [2.24, 2.45) is 5.92 Å². The Kier molecular flexibility index (Phi) is 7.75. The van der Waals surface area contributed by atoms with E-state index in [1.807, 2.05) is 0 Å². The van der Waals surface area contributed by atoms with Crippen LogP contribution in [0.2, 0.25) is 0 Å². The Labute approximate surface area is 262 Å². The first-order chi connectivity index (χ1) is 21.7. The van der Waals surface area contributed by atoms with Gasteiger partial charge in [0.25, 0.3) is 0 Å². The van der Waals surface area contributed by atoms with E-state index in [4.69, 9.17) is 9.47 Å². The summed E-state index contributed by atoms with van der Waals surface area (Å²) >= 11 is 0. The van der Waals surface area contributed by atoms with E-state index in [0.717, 1.165) is 50.6 Å². The average Bonchev–Trinajstić information content (AvgIpc) is 3.90. The van der Waals surface area contributed by atoms with E-state index >= 15 is 0 Å². The van der Waals surface area contributed by atoms with Gasteiger partial charge >= 0.3 is 0 Å². The van der Waals surface area contributed by atoms with Gasteiger partial charge in [0.1, 0.15) is 12.4 Å². The summed E-state index contributed by atoms with van der Waals surface area (Å²) in [6.07, 6.45) is 6.38. The molecule has 2 aliphatic heterocycles. The fourth-order valence-corrected chi connectivity index (χ4v) is 8.32. The van der Waals surface area contributed by atoms with Crippen molar-refractivity contribution < 1.29 is 9.47 Å². The number of rotatable bonds is 10. The molecular formula is C40H44N2O2. The van der Waals surface area contributed by atoms with E-state index in [0.29, 0.717) is 18.7 Å². The molecule has 4 unspecified atom stereocenters. The van der Waals surface area contributed by atoms with Gasteiger partial charge in [-0.1, -0.05) is 97.1 Å². The first-order valence-electron chi connectivity index (χ1n) is 16.7. The summed E-state index contributed by atoms with van der Waals surface area (Å²) in [5.41, 5.74) is 6.91. The molecule has 8 rings (SSSR count). The molecule has 4 aromatic rings. The predicted molar refractivity (Wildman–Crippen MR) is 176 cm³/mol. The van der Waals surface area contributed by atoms with E-state index in [-0.39, 0.29) is 11.5 Å². The smallest absolute Gasteiger partial charge is 0.120 e. The predicted octanol–water partition coefficient (Wildman–Crippen LogP) is 7.40. The molecule has 4 aliphatic rings. The largest absolute Gasteiger partial charge is 0.489 e. The van der Waals surface area contributed by atoms with Gasteiger partial charge in [0, 0.05) is 37.1 Å². The second kappa shape index (κ2) is 12.2. The van der Waals surface area contributed by atoms with E-state index in [9.17, 15) is 0 Å². The molecule has 0 aromatic heterocycles. The van der Waals surface area contributed by atoms with E-state index in [2.05, 4.69) is 119 Å². The van der Waals surface area contributed by atoms with Gasteiger partial charge < -0.3 is 9.47 Å². The van der Waals surface area contributed by atoms with Crippen LogP contribution in [0.25, 0.3) is 0 Å². The molecule has 0 spiro atoms. The molecule has 4 aromatic carbocycles. The maximum atomic E-state index is 7.14. The van der Waals surface area contributed by atoms with Crippen LogP contribution in [0.3, 0.4) is 0 Å². The maximum Gasteiger partial charge on any atom is 0.120 e. The van der Waals surface area contributed by atoms with Crippen molar-refractivity contribution >= 4 is 0 Å². The summed E-state index contributed by atoms with van der Waals surface area (Å²) in [5, 5.41) is 0. The molecule has 0 radical (unpaired) electrons. The molecule has 2 bridgehead atoms. The molecule has 2 saturated heterocycles. The lowest BCUT2D eigenvalue weighted by Crippen LogP contribution is -2.68. The van der Waals surface area contributed by atoms with Gasteiger partial charge in [-0.3, -0.25) is 9.80 Å². The van der Waals surface area contributed by atoms with Crippen molar-refractivity contribution in [3.63, 3.8) is 0 Å². The van der Waals surface area contributed by atoms with Crippen LogP contribution in [0.4, 0.5) is 0 Å². The first-order valence-corrected chi connectivity index (χ1v) is 16.7. The van der Waals surface area contributed by atoms with Crippen molar-refractivity contribution in [1.29, 1.82) is 0 Å². The summed E-state index contributed by atoms with van der Waals surface area (Å²) in [7, 11) is 0. The lowest BCUT2D eigenvalue weighted by molar-refractivity contribution is -0.154. The normalized spacial score (nSPS) is 26.2. The minimum atomic E-state index is -0.00103. The summed E-state index contributed by atoms with van der Waals surface area (Å²) in [6.45, 7) is 5.64. The van der Waals surface area contributed by atoms with Gasteiger partial charge in [0.2, 0.25) is 0 Å². The second-order valence-corrected chi connectivity index (χ2v) is 13.7. The Bertz CT molecular complexity index is 1500. The zero-order valence-corrected chi connectivity index (χ0v) is 25.7. The number of fused-ring (bicyclic) bond motifs is 1. The zero-order chi connectivity index (χ0) is 29.3. The van der Waals surface area contributed by atoms with Gasteiger partial charge in [-0.25, -0.2) is 0 Å². The lowest BCUT2D eigenvalue weighted by atomic mass is 9.58. The topological polar surface area (TPSA) is 24.9 Å². The van der Waals surface area contributed by atoms with Crippen molar-refractivity contribution in [2.75, 3.05) is 19.7 Å². The highest BCUT2D eigenvalue weighted by molar-refractivity contribution is 5.47. The van der Waals surface area contributed by atoms with Gasteiger partial charge in [-0.2, -0.15) is 0 Å². The fourth-order valence-electron chi connectivity index (χ4n) is 8.32. The highest BCUT2D eigenvalue weighted by Crippen LogP contribution is 2.53. The van der Waals surface area contributed by atoms with E-state index in [1.165, 1.54) is 53.7 Å². The summed E-state index contributed by atoms with van der Waals surface area (Å²) in [5.74, 6) is 1.87. The van der Waals surface area contributed by atoms with Gasteiger partial charge in [0.15, 0.2) is 0 Å². The van der Waals surface area contributed by atoms with Crippen LogP contribution >= 0.6 is 0 Å². The third-order valence-electron chi connectivity index (χ3n) is 10.7. The van der Waals surface area contributed by atoms with E-state index in [1.54, 1.807) is 0 Å². The van der Waals surface area contributed by atoms with Gasteiger partial charge in [-0.05, 0) is 84.5 Å². The van der Waals surface area contributed by atoms with Crippen LogP contribution in [-0.2, 0) is 36.3 Å². The highest BCUT2D eigenvalue weighted by atomic mass is 16.5. The Morgan fingerprint density at radius 2 is 1.45 bits per heavy atom. The molecule has 4 atom stereocenters. The third-order valence-corrected chi connectivity index (χ3v) is 10.7. The lowest BCUT2D eigenvalue weighted by Gasteiger charge is -2.60.